The summed E-state index contributed by atoms with van der Waals surface area (Å²) in [6.07, 6.45) is 0. The van der Waals surface area contributed by atoms with Crippen LogP contribution < -0.4 is 10.7 Å². The first-order valence-electron chi connectivity index (χ1n) is 8.29. The minimum Gasteiger partial charge on any atom is -0.330 e. The Balaban J connectivity index is 2.00. The van der Waals surface area contributed by atoms with Gasteiger partial charge in [-0.3, -0.25) is 9.59 Å². The van der Waals surface area contributed by atoms with Crippen LogP contribution in [0.1, 0.15) is 9.67 Å². The second-order valence-corrected chi connectivity index (χ2v) is 7.45. The van der Waals surface area contributed by atoms with Crippen molar-refractivity contribution in [3.63, 3.8) is 0 Å². The molecule has 1 N–H and O–H groups in total. The van der Waals surface area contributed by atoms with E-state index in [4.69, 9.17) is 11.6 Å². The predicted molar refractivity (Wildman–Crippen MR) is 112 cm³/mol. The number of para-hydroxylation sites is 1. The molecular formula is C21H15ClN2O2S. The first kappa shape index (κ1) is 17.5. The Morgan fingerprint density at radius 2 is 1.89 bits per heavy atom. The lowest BCUT2D eigenvalue weighted by molar-refractivity contribution is 0.103. The van der Waals surface area contributed by atoms with E-state index in [1.54, 1.807) is 30.3 Å². The highest BCUT2D eigenvalue weighted by Crippen LogP contribution is 2.30. The van der Waals surface area contributed by atoms with Crippen LogP contribution in [0.25, 0.3) is 22.0 Å². The highest BCUT2D eigenvalue weighted by molar-refractivity contribution is 7.12. The second kappa shape index (κ2) is 7.02. The van der Waals surface area contributed by atoms with Crippen molar-refractivity contribution in [2.75, 3.05) is 5.32 Å². The quantitative estimate of drug-likeness (QED) is 0.521. The number of nitrogens with zero attached hydrogens (tertiary/aromatic N) is 1. The van der Waals surface area contributed by atoms with Crippen LogP contribution in [0.2, 0.25) is 5.02 Å². The SMILES string of the molecule is Cn1c(NC(=O)c2cccs2)c(-c2cccc(Cl)c2)c(=O)c2ccccc21. The molecule has 27 heavy (non-hydrogen) atoms. The molecule has 0 spiro atoms. The molecule has 0 atom stereocenters. The van der Waals surface area contributed by atoms with E-state index in [1.807, 2.05) is 47.3 Å². The van der Waals surface area contributed by atoms with Crippen LogP contribution in [-0.4, -0.2) is 10.5 Å². The number of carbonyl (C=O) groups is 1. The molecule has 4 rings (SSSR count). The fourth-order valence-electron chi connectivity index (χ4n) is 3.12. The van der Waals surface area contributed by atoms with Crippen LogP contribution in [0.3, 0.4) is 0 Å². The summed E-state index contributed by atoms with van der Waals surface area (Å²) in [5, 5.41) is 5.88. The molecule has 0 aliphatic rings. The van der Waals surface area contributed by atoms with Gasteiger partial charge >= 0.3 is 0 Å². The van der Waals surface area contributed by atoms with Gasteiger partial charge in [-0.15, -0.1) is 11.3 Å². The number of aryl methyl sites for hydroxylation is 1. The Hall–Kier alpha value is -2.89. The Labute approximate surface area is 164 Å². The maximum atomic E-state index is 13.3. The first-order valence-corrected chi connectivity index (χ1v) is 9.54. The number of anilines is 1. The van der Waals surface area contributed by atoms with E-state index >= 15 is 0 Å². The molecule has 4 nitrogen and oxygen atoms in total. The maximum absolute atomic E-state index is 13.3. The molecule has 4 aromatic rings. The van der Waals surface area contributed by atoms with Crippen molar-refractivity contribution >= 4 is 45.6 Å². The van der Waals surface area contributed by atoms with Crippen LogP contribution in [0.15, 0.2) is 70.8 Å². The Morgan fingerprint density at radius 3 is 2.63 bits per heavy atom. The summed E-state index contributed by atoms with van der Waals surface area (Å²) in [6, 6.07) is 18.0. The summed E-state index contributed by atoms with van der Waals surface area (Å²) in [5.41, 5.74) is 1.68. The predicted octanol–water partition coefficient (Wildman–Crippen LogP) is 5.17. The lowest BCUT2D eigenvalue weighted by atomic mass is 10.0. The number of hydrogen-bond donors (Lipinski definition) is 1. The third-order valence-electron chi connectivity index (χ3n) is 4.40. The smallest absolute Gasteiger partial charge is 0.266 e. The van der Waals surface area contributed by atoms with E-state index in [-0.39, 0.29) is 11.3 Å². The molecular weight excluding hydrogens is 380 g/mol. The van der Waals surface area contributed by atoms with Gasteiger partial charge in [0.15, 0.2) is 5.43 Å². The average molecular weight is 395 g/mol. The van der Waals surface area contributed by atoms with Gasteiger partial charge in [-0.2, -0.15) is 0 Å². The molecule has 6 heteroatoms. The Bertz CT molecular complexity index is 1210. The number of rotatable bonds is 3. The number of fused-ring (bicyclic) bond motifs is 1. The topological polar surface area (TPSA) is 51.1 Å². The van der Waals surface area contributed by atoms with Crippen molar-refractivity contribution in [2.45, 2.75) is 0 Å². The summed E-state index contributed by atoms with van der Waals surface area (Å²) < 4.78 is 1.83. The van der Waals surface area contributed by atoms with Crippen molar-refractivity contribution in [1.82, 2.24) is 4.57 Å². The van der Waals surface area contributed by atoms with E-state index in [1.165, 1.54) is 11.3 Å². The molecule has 0 saturated carbocycles. The van der Waals surface area contributed by atoms with Gasteiger partial charge in [0.1, 0.15) is 5.82 Å². The number of aromatic nitrogens is 1. The zero-order chi connectivity index (χ0) is 19.0. The first-order chi connectivity index (χ1) is 13.1. The van der Waals surface area contributed by atoms with Crippen LogP contribution in [0.5, 0.6) is 0 Å². The highest BCUT2D eigenvalue weighted by atomic mass is 35.5. The lowest BCUT2D eigenvalue weighted by Gasteiger charge is -2.18. The van der Waals surface area contributed by atoms with E-state index < -0.39 is 0 Å². The third-order valence-corrected chi connectivity index (χ3v) is 5.50. The number of amides is 1. The van der Waals surface area contributed by atoms with Gasteiger partial charge in [-0.05, 0) is 41.3 Å². The number of nitrogens with one attached hydrogen (secondary N) is 1. The molecule has 0 unspecified atom stereocenters. The van der Waals surface area contributed by atoms with Crippen molar-refractivity contribution < 1.29 is 4.79 Å². The van der Waals surface area contributed by atoms with Crippen molar-refractivity contribution in [2.24, 2.45) is 7.05 Å². The zero-order valence-electron chi connectivity index (χ0n) is 14.4. The third kappa shape index (κ3) is 3.16. The number of halogens is 1. The van der Waals surface area contributed by atoms with Gasteiger partial charge < -0.3 is 9.88 Å². The van der Waals surface area contributed by atoms with Crippen molar-refractivity contribution in [1.29, 1.82) is 0 Å². The normalized spacial score (nSPS) is 10.9. The summed E-state index contributed by atoms with van der Waals surface area (Å²) in [5.74, 6) is 0.193. The van der Waals surface area contributed by atoms with Gasteiger partial charge in [-0.1, -0.05) is 41.9 Å². The molecule has 134 valence electrons. The number of benzene rings is 2. The minimum atomic E-state index is -0.251. The van der Waals surface area contributed by atoms with E-state index in [0.29, 0.717) is 32.2 Å². The number of carbonyl (C=O) groups excluding carboxylic acids is 1. The maximum Gasteiger partial charge on any atom is 0.266 e. The van der Waals surface area contributed by atoms with Gasteiger partial charge in [-0.25, -0.2) is 0 Å². The highest BCUT2D eigenvalue weighted by Gasteiger charge is 2.19. The molecule has 2 aromatic carbocycles. The summed E-state index contributed by atoms with van der Waals surface area (Å²) in [6.45, 7) is 0. The van der Waals surface area contributed by atoms with Gasteiger partial charge in [0, 0.05) is 17.5 Å². The average Bonchev–Trinajstić information content (AvgIpc) is 3.21. The van der Waals surface area contributed by atoms with Gasteiger partial charge in [0.05, 0.1) is 16.0 Å². The van der Waals surface area contributed by atoms with E-state index in [2.05, 4.69) is 5.32 Å². The van der Waals surface area contributed by atoms with Gasteiger partial charge in [0.25, 0.3) is 5.91 Å². The number of thiophene rings is 1. The zero-order valence-corrected chi connectivity index (χ0v) is 16.0. The van der Waals surface area contributed by atoms with Crippen LogP contribution in [-0.2, 0) is 7.05 Å². The largest absolute Gasteiger partial charge is 0.330 e. The monoisotopic (exact) mass is 394 g/mol. The Kier molecular flexibility index (Phi) is 4.56. The summed E-state index contributed by atoms with van der Waals surface area (Å²) >= 11 is 7.50. The van der Waals surface area contributed by atoms with Crippen LogP contribution >= 0.6 is 22.9 Å². The molecule has 0 bridgehead atoms. The van der Waals surface area contributed by atoms with Crippen molar-refractivity contribution in [3.05, 3.63) is 86.2 Å². The standard InChI is InChI=1S/C21H15ClN2O2S/c1-24-16-9-3-2-8-15(16)19(25)18(13-6-4-7-14(22)12-13)20(24)23-21(26)17-10-5-11-27-17/h2-12H,1H3,(H,23,26). The molecule has 0 fully saturated rings. The molecule has 0 saturated heterocycles. The van der Waals surface area contributed by atoms with E-state index in [9.17, 15) is 9.59 Å². The molecule has 0 aliphatic heterocycles. The molecule has 2 heterocycles. The van der Waals surface area contributed by atoms with E-state index in [0.717, 1.165) is 5.52 Å². The molecule has 0 aliphatic carbocycles. The fourth-order valence-corrected chi connectivity index (χ4v) is 3.93. The minimum absolute atomic E-state index is 0.146. The molecule has 0 radical (unpaired) electrons. The molecule has 2 aromatic heterocycles. The summed E-state index contributed by atoms with van der Waals surface area (Å²) in [4.78, 5) is 26.5. The number of pyridine rings is 1. The van der Waals surface area contributed by atoms with Crippen LogP contribution in [0.4, 0.5) is 5.82 Å². The molecule has 1 amide bonds. The fraction of sp³-hybridized carbons (Fsp3) is 0.0476. The van der Waals surface area contributed by atoms with Gasteiger partial charge in [0.2, 0.25) is 0 Å². The summed E-state index contributed by atoms with van der Waals surface area (Å²) in [7, 11) is 1.83. The number of hydrogen-bond acceptors (Lipinski definition) is 3. The second-order valence-electron chi connectivity index (χ2n) is 6.07. The van der Waals surface area contributed by atoms with Crippen LogP contribution in [0, 0.1) is 0 Å². The Morgan fingerprint density at radius 1 is 1.07 bits per heavy atom. The lowest BCUT2D eigenvalue weighted by Crippen LogP contribution is -2.21. The van der Waals surface area contributed by atoms with Crippen molar-refractivity contribution in [3.8, 4) is 11.1 Å².